The van der Waals surface area contributed by atoms with E-state index in [0.717, 1.165) is 0 Å². The van der Waals surface area contributed by atoms with Gasteiger partial charge < -0.3 is 10.1 Å². The lowest BCUT2D eigenvalue weighted by atomic mass is 9.82. The largest absolute Gasteiger partial charge is 0.379 e. The maximum Gasteiger partial charge on any atom is 0.146 e. The third-order valence-electron chi connectivity index (χ3n) is 2.86. The van der Waals surface area contributed by atoms with Crippen molar-refractivity contribution >= 4 is 0 Å². The highest BCUT2D eigenvalue weighted by atomic mass is 19.1. The summed E-state index contributed by atoms with van der Waals surface area (Å²) >= 11 is 0. The van der Waals surface area contributed by atoms with E-state index in [-0.39, 0.29) is 23.4 Å². The molecule has 0 radical (unpaired) electrons. The van der Waals surface area contributed by atoms with Gasteiger partial charge in [-0.05, 0) is 18.5 Å². The molecule has 0 aliphatic carbocycles. The molecule has 17 heavy (non-hydrogen) atoms. The van der Waals surface area contributed by atoms with E-state index in [1.165, 1.54) is 6.20 Å². The molecule has 1 heterocycles. The van der Waals surface area contributed by atoms with Crippen LogP contribution >= 0.6 is 0 Å². The Morgan fingerprint density at radius 3 is 2.47 bits per heavy atom. The maximum atomic E-state index is 13.8. The molecule has 0 aliphatic rings. The predicted octanol–water partition coefficient (Wildman–Crippen LogP) is 2.54. The van der Waals surface area contributed by atoms with Crippen LogP contribution in [0.1, 0.15) is 32.4 Å². The Hall–Kier alpha value is -1.00. The van der Waals surface area contributed by atoms with Gasteiger partial charge in [0.15, 0.2) is 0 Å². The number of halogens is 1. The molecule has 0 fully saturated rings. The van der Waals surface area contributed by atoms with Crippen molar-refractivity contribution in [1.82, 2.24) is 10.3 Å². The summed E-state index contributed by atoms with van der Waals surface area (Å²) in [6, 6.07) is 1.50. The van der Waals surface area contributed by atoms with Crippen LogP contribution in [0.5, 0.6) is 0 Å². The third kappa shape index (κ3) is 3.23. The van der Waals surface area contributed by atoms with Crippen molar-refractivity contribution in [2.45, 2.75) is 32.9 Å². The molecule has 0 aliphatic heterocycles. The number of nitrogens with one attached hydrogen (secondary N) is 1. The van der Waals surface area contributed by atoms with Crippen LogP contribution < -0.4 is 5.32 Å². The second-order valence-corrected chi connectivity index (χ2v) is 5.19. The number of pyridine rings is 1. The highest BCUT2D eigenvalue weighted by Crippen LogP contribution is 2.32. The first-order valence-electron chi connectivity index (χ1n) is 5.71. The van der Waals surface area contributed by atoms with Crippen LogP contribution in [0.15, 0.2) is 18.5 Å². The van der Waals surface area contributed by atoms with Crippen molar-refractivity contribution in [1.29, 1.82) is 0 Å². The Bertz CT molecular complexity index is 363. The van der Waals surface area contributed by atoms with Gasteiger partial charge in [-0.25, -0.2) is 4.39 Å². The van der Waals surface area contributed by atoms with Crippen LogP contribution in [0.3, 0.4) is 0 Å². The van der Waals surface area contributed by atoms with E-state index in [1.54, 1.807) is 19.4 Å². The van der Waals surface area contributed by atoms with Gasteiger partial charge in [-0.15, -0.1) is 0 Å². The quantitative estimate of drug-likeness (QED) is 0.878. The first kappa shape index (κ1) is 14.1. The number of hydrogen-bond donors (Lipinski definition) is 1. The average Bonchev–Trinajstić information content (AvgIpc) is 2.25. The Morgan fingerprint density at radius 1 is 1.41 bits per heavy atom. The van der Waals surface area contributed by atoms with E-state index >= 15 is 0 Å². The first-order chi connectivity index (χ1) is 7.91. The number of ether oxygens (including phenoxy) is 1. The normalized spacial score (nSPS) is 15.6. The van der Waals surface area contributed by atoms with E-state index < -0.39 is 0 Å². The number of aromatic nitrogens is 1. The average molecular weight is 240 g/mol. The molecule has 3 nitrogen and oxygen atoms in total. The number of hydrogen-bond acceptors (Lipinski definition) is 3. The zero-order valence-electron chi connectivity index (χ0n) is 11.1. The minimum Gasteiger partial charge on any atom is -0.379 e. The standard InChI is InChI=1S/C13H21FN2O/c1-13(2,3)12(17-5)11(15-4)9-6-7-16-8-10(9)14/h6-8,11-12,15H,1-5H3. The monoisotopic (exact) mass is 240 g/mol. The molecule has 2 unspecified atom stereocenters. The van der Waals surface area contributed by atoms with Crippen molar-refractivity contribution in [3.63, 3.8) is 0 Å². The van der Waals surface area contributed by atoms with Crippen molar-refractivity contribution in [2.75, 3.05) is 14.2 Å². The van der Waals surface area contributed by atoms with Crippen molar-refractivity contribution in [3.8, 4) is 0 Å². The number of nitrogens with zero attached hydrogens (tertiary/aromatic N) is 1. The number of rotatable bonds is 4. The lowest BCUT2D eigenvalue weighted by molar-refractivity contribution is -0.0109. The second-order valence-electron chi connectivity index (χ2n) is 5.19. The molecule has 2 atom stereocenters. The summed E-state index contributed by atoms with van der Waals surface area (Å²) in [5.74, 6) is -0.307. The van der Waals surface area contributed by atoms with Crippen LogP contribution in [0.2, 0.25) is 0 Å². The molecule has 1 rings (SSSR count). The number of likely N-dealkylation sites (N-methyl/N-ethyl adjacent to an activating group) is 1. The van der Waals surface area contributed by atoms with Crippen molar-refractivity contribution in [2.24, 2.45) is 5.41 Å². The Labute approximate surface area is 102 Å². The molecular formula is C13H21FN2O. The molecule has 1 N–H and O–H groups in total. The van der Waals surface area contributed by atoms with E-state index in [1.807, 2.05) is 7.05 Å². The van der Waals surface area contributed by atoms with Gasteiger partial charge in [0.05, 0.1) is 18.3 Å². The summed E-state index contributed by atoms with van der Waals surface area (Å²) < 4.78 is 19.3. The molecule has 0 saturated carbocycles. The van der Waals surface area contributed by atoms with Gasteiger partial charge in [0, 0.05) is 18.9 Å². The summed E-state index contributed by atoms with van der Waals surface area (Å²) in [5, 5.41) is 3.12. The minimum absolute atomic E-state index is 0.0852. The summed E-state index contributed by atoms with van der Waals surface area (Å²) in [4.78, 5) is 3.77. The first-order valence-corrected chi connectivity index (χ1v) is 5.71. The van der Waals surface area contributed by atoms with Crippen LogP contribution in [-0.2, 0) is 4.74 Å². The molecule has 96 valence electrons. The van der Waals surface area contributed by atoms with Gasteiger partial charge in [0.25, 0.3) is 0 Å². The van der Waals surface area contributed by atoms with Crippen LogP contribution in [0.4, 0.5) is 4.39 Å². The zero-order chi connectivity index (χ0) is 13.1. The Morgan fingerprint density at radius 2 is 2.06 bits per heavy atom. The zero-order valence-corrected chi connectivity index (χ0v) is 11.1. The van der Waals surface area contributed by atoms with Crippen LogP contribution in [-0.4, -0.2) is 25.2 Å². The van der Waals surface area contributed by atoms with Gasteiger partial charge in [0.2, 0.25) is 0 Å². The van der Waals surface area contributed by atoms with Crippen LogP contribution in [0.25, 0.3) is 0 Å². The second kappa shape index (κ2) is 5.56. The minimum atomic E-state index is -0.307. The topological polar surface area (TPSA) is 34.2 Å². The lowest BCUT2D eigenvalue weighted by Crippen LogP contribution is -2.40. The van der Waals surface area contributed by atoms with Gasteiger partial charge >= 0.3 is 0 Å². The molecule has 0 aromatic carbocycles. The summed E-state index contributed by atoms with van der Waals surface area (Å²) in [5.41, 5.74) is 0.502. The summed E-state index contributed by atoms with van der Waals surface area (Å²) in [6.07, 6.45) is 2.71. The summed E-state index contributed by atoms with van der Waals surface area (Å²) in [7, 11) is 3.46. The molecule has 4 heteroatoms. The molecular weight excluding hydrogens is 219 g/mol. The molecule has 0 bridgehead atoms. The van der Waals surface area contributed by atoms with Gasteiger partial charge in [-0.2, -0.15) is 0 Å². The highest BCUT2D eigenvalue weighted by Gasteiger charge is 2.33. The molecule has 0 amide bonds. The molecule has 1 aromatic rings. The van der Waals surface area contributed by atoms with E-state index in [4.69, 9.17) is 4.74 Å². The van der Waals surface area contributed by atoms with Gasteiger partial charge in [-0.1, -0.05) is 20.8 Å². The molecule has 1 aromatic heterocycles. The fourth-order valence-corrected chi connectivity index (χ4v) is 2.10. The van der Waals surface area contributed by atoms with Gasteiger partial charge in [0.1, 0.15) is 5.82 Å². The fourth-order valence-electron chi connectivity index (χ4n) is 2.10. The molecule has 0 spiro atoms. The molecule has 0 saturated heterocycles. The maximum absolute atomic E-state index is 13.8. The third-order valence-corrected chi connectivity index (χ3v) is 2.86. The van der Waals surface area contributed by atoms with Crippen molar-refractivity contribution < 1.29 is 9.13 Å². The van der Waals surface area contributed by atoms with E-state index in [0.29, 0.717) is 5.56 Å². The van der Waals surface area contributed by atoms with E-state index in [9.17, 15) is 4.39 Å². The lowest BCUT2D eigenvalue weighted by Gasteiger charge is -2.36. The fraction of sp³-hybridized carbons (Fsp3) is 0.615. The Balaban J connectivity index is 3.10. The summed E-state index contributed by atoms with van der Waals surface area (Å²) in [6.45, 7) is 6.22. The highest BCUT2D eigenvalue weighted by molar-refractivity contribution is 5.19. The Kier molecular flexibility index (Phi) is 4.60. The number of methoxy groups -OCH3 is 1. The SMILES string of the molecule is CNC(c1ccncc1F)C(OC)C(C)(C)C. The van der Waals surface area contributed by atoms with E-state index in [2.05, 4.69) is 31.1 Å². The smallest absolute Gasteiger partial charge is 0.146 e. The van der Waals surface area contributed by atoms with Crippen LogP contribution in [0, 0.1) is 11.2 Å². The van der Waals surface area contributed by atoms with Gasteiger partial charge in [-0.3, -0.25) is 4.98 Å². The predicted molar refractivity (Wildman–Crippen MR) is 66.2 cm³/mol. The van der Waals surface area contributed by atoms with Crippen molar-refractivity contribution in [3.05, 3.63) is 29.8 Å².